The van der Waals surface area contributed by atoms with E-state index in [0.29, 0.717) is 11.3 Å². The van der Waals surface area contributed by atoms with Crippen molar-refractivity contribution in [1.82, 2.24) is 9.88 Å². The van der Waals surface area contributed by atoms with Crippen molar-refractivity contribution >= 4 is 11.6 Å². The van der Waals surface area contributed by atoms with E-state index in [-0.39, 0.29) is 30.6 Å². The number of pyridine rings is 1. The molecule has 7 nitrogen and oxygen atoms in total. The second kappa shape index (κ2) is 12.1. The van der Waals surface area contributed by atoms with Gasteiger partial charge in [0.2, 0.25) is 0 Å². The van der Waals surface area contributed by atoms with E-state index in [2.05, 4.69) is 28.7 Å². The summed E-state index contributed by atoms with van der Waals surface area (Å²) in [5.74, 6) is -0.113. The van der Waals surface area contributed by atoms with Crippen LogP contribution in [0.2, 0.25) is 0 Å². The molecule has 4 rings (SSSR count). The number of aliphatic hydroxyl groups is 1. The van der Waals surface area contributed by atoms with Gasteiger partial charge in [-0.1, -0.05) is 49.4 Å². The van der Waals surface area contributed by atoms with E-state index in [9.17, 15) is 9.90 Å². The first kappa shape index (κ1) is 25.7. The molecular formula is C29H33N3O4. The number of benzene rings is 2. The summed E-state index contributed by atoms with van der Waals surface area (Å²) in [5.41, 5.74) is 3.95. The number of hydrogen-bond donors (Lipinski definition) is 2. The minimum atomic E-state index is -0.561. The molecule has 1 aromatic heterocycles. The van der Waals surface area contributed by atoms with Crippen LogP contribution < -0.4 is 5.32 Å². The number of hydrogen-bond acceptors (Lipinski definition) is 6. The molecule has 0 radical (unpaired) electrons. The molecule has 2 heterocycles. The predicted octanol–water partition coefficient (Wildman–Crippen LogP) is 4.74. The smallest absolute Gasteiger partial charge is 0.257 e. The summed E-state index contributed by atoms with van der Waals surface area (Å²) >= 11 is 0. The lowest BCUT2D eigenvalue weighted by Gasteiger charge is -2.42. The van der Waals surface area contributed by atoms with Gasteiger partial charge >= 0.3 is 0 Å². The van der Waals surface area contributed by atoms with Crippen molar-refractivity contribution in [2.24, 2.45) is 5.92 Å². The number of amides is 1. The summed E-state index contributed by atoms with van der Waals surface area (Å²) < 4.78 is 12.9. The summed E-state index contributed by atoms with van der Waals surface area (Å²) in [6, 6.07) is 18.8. The SMILES string of the molecule is C=CCN(C)CC1OC(c2ccc(NC(=O)c3cccnc3)cc2)OC(c2ccc(CO)cc2)C1C. The summed E-state index contributed by atoms with van der Waals surface area (Å²) in [6.45, 7) is 7.49. The topological polar surface area (TPSA) is 83.9 Å². The predicted molar refractivity (Wildman–Crippen MR) is 139 cm³/mol. The van der Waals surface area contributed by atoms with Crippen LogP contribution in [0, 0.1) is 5.92 Å². The maximum absolute atomic E-state index is 12.5. The lowest BCUT2D eigenvalue weighted by atomic mass is 9.90. The van der Waals surface area contributed by atoms with E-state index in [0.717, 1.165) is 29.8 Å². The van der Waals surface area contributed by atoms with Crippen molar-refractivity contribution in [3.63, 3.8) is 0 Å². The van der Waals surface area contributed by atoms with Crippen LogP contribution in [-0.2, 0) is 16.1 Å². The van der Waals surface area contributed by atoms with Gasteiger partial charge in [0.05, 0.1) is 24.4 Å². The Morgan fingerprint density at radius 2 is 1.83 bits per heavy atom. The minimum Gasteiger partial charge on any atom is -0.392 e. The molecule has 3 aromatic rings. The monoisotopic (exact) mass is 487 g/mol. The number of carbonyl (C=O) groups excluding carboxylic acids is 1. The van der Waals surface area contributed by atoms with Gasteiger partial charge in [0.15, 0.2) is 6.29 Å². The number of nitrogens with zero attached hydrogens (tertiary/aromatic N) is 2. The molecule has 1 aliphatic heterocycles. The molecule has 0 spiro atoms. The van der Waals surface area contributed by atoms with Gasteiger partial charge in [-0.05, 0) is 42.4 Å². The maximum Gasteiger partial charge on any atom is 0.257 e. The molecule has 1 fully saturated rings. The zero-order chi connectivity index (χ0) is 25.5. The number of rotatable bonds is 9. The Labute approximate surface area is 212 Å². The number of nitrogens with one attached hydrogen (secondary N) is 1. The average molecular weight is 488 g/mol. The van der Waals surface area contributed by atoms with Crippen molar-refractivity contribution in [3.05, 3.63) is 108 Å². The van der Waals surface area contributed by atoms with Gasteiger partial charge in [-0.25, -0.2) is 0 Å². The van der Waals surface area contributed by atoms with E-state index in [4.69, 9.17) is 9.47 Å². The summed E-state index contributed by atoms with van der Waals surface area (Å²) in [5, 5.41) is 12.3. The highest BCUT2D eigenvalue weighted by Gasteiger charge is 2.38. The summed E-state index contributed by atoms with van der Waals surface area (Å²) in [4.78, 5) is 18.6. The lowest BCUT2D eigenvalue weighted by molar-refractivity contribution is -0.275. The standard InChI is InChI=1S/C29H33N3O4/c1-4-16-32(3)18-26-20(2)27(22-9-7-21(19-33)8-10-22)36-29(35-26)23-11-13-25(14-12-23)31-28(34)24-6-5-15-30-17-24/h4-15,17,20,26-27,29,33H,1,16,18-19H2,2-3H3,(H,31,34). The van der Waals surface area contributed by atoms with Crippen LogP contribution in [0.25, 0.3) is 0 Å². The van der Waals surface area contributed by atoms with Crippen LogP contribution in [-0.4, -0.2) is 47.1 Å². The summed E-state index contributed by atoms with van der Waals surface area (Å²) in [7, 11) is 2.05. The molecule has 1 amide bonds. The number of ether oxygens (including phenoxy) is 2. The van der Waals surface area contributed by atoms with Gasteiger partial charge in [0, 0.05) is 42.7 Å². The molecule has 2 N–H and O–H groups in total. The van der Waals surface area contributed by atoms with Crippen LogP contribution in [0.5, 0.6) is 0 Å². The molecular weight excluding hydrogens is 454 g/mol. The Bertz CT molecular complexity index is 1140. The van der Waals surface area contributed by atoms with Crippen molar-refractivity contribution in [3.8, 4) is 0 Å². The Morgan fingerprint density at radius 3 is 2.47 bits per heavy atom. The largest absolute Gasteiger partial charge is 0.392 e. The van der Waals surface area contributed by atoms with Crippen molar-refractivity contribution in [2.75, 3.05) is 25.5 Å². The fourth-order valence-corrected chi connectivity index (χ4v) is 4.35. The molecule has 4 unspecified atom stereocenters. The van der Waals surface area contributed by atoms with Crippen molar-refractivity contribution < 1.29 is 19.4 Å². The first-order valence-corrected chi connectivity index (χ1v) is 12.1. The highest BCUT2D eigenvalue weighted by molar-refractivity contribution is 6.03. The number of carbonyl (C=O) groups is 1. The lowest BCUT2D eigenvalue weighted by Crippen LogP contribution is -2.43. The third-order valence-electron chi connectivity index (χ3n) is 6.42. The second-order valence-corrected chi connectivity index (χ2v) is 9.15. The van der Waals surface area contributed by atoms with E-state index < -0.39 is 6.29 Å². The molecule has 0 aliphatic carbocycles. The van der Waals surface area contributed by atoms with Crippen molar-refractivity contribution in [2.45, 2.75) is 32.0 Å². The highest BCUT2D eigenvalue weighted by Crippen LogP contribution is 2.41. The van der Waals surface area contributed by atoms with Gasteiger partial charge < -0.3 is 24.8 Å². The third kappa shape index (κ3) is 6.25. The second-order valence-electron chi connectivity index (χ2n) is 9.15. The van der Waals surface area contributed by atoms with Gasteiger partial charge in [0.1, 0.15) is 0 Å². The number of anilines is 1. The van der Waals surface area contributed by atoms with Gasteiger partial charge in [-0.15, -0.1) is 6.58 Å². The van der Waals surface area contributed by atoms with Crippen LogP contribution in [0.4, 0.5) is 5.69 Å². The molecule has 36 heavy (non-hydrogen) atoms. The summed E-state index contributed by atoms with van der Waals surface area (Å²) in [6.07, 6.45) is 4.24. The quantitative estimate of drug-likeness (QED) is 0.425. The molecule has 4 atom stereocenters. The molecule has 7 heteroatoms. The van der Waals surface area contributed by atoms with Crippen LogP contribution in [0.15, 0.2) is 85.7 Å². The fourth-order valence-electron chi connectivity index (χ4n) is 4.35. The Morgan fingerprint density at radius 1 is 1.11 bits per heavy atom. The van der Waals surface area contributed by atoms with Gasteiger partial charge in [-0.3, -0.25) is 9.78 Å². The van der Waals surface area contributed by atoms with E-state index >= 15 is 0 Å². The molecule has 0 saturated carbocycles. The molecule has 0 bridgehead atoms. The Balaban J connectivity index is 1.53. The third-order valence-corrected chi connectivity index (χ3v) is 6.42. The number of aromatic nitrogens is 1. The molecule has 1 aliphatic rings. The zero-order valence-electron chi connectivity index (χ0n) is 20.7. The van der Waals surface area contributed by atoms with Crippen LogP contribution in [0.3, 0.4) is 0 Å². The number of aliphatic hydroxyl groups excluding tert-OH is 1. The van der Waals surface area contributed by atoms with E-state index in [1.165, 1.54) is 6.20 Å². The number of likely N-dealkylation sites (N-methyl/N-ethyl adjacent to an activating group) is 1. The normalized spacial score (nSPS) is 21.8. The molecule has 2 aromatic carbocycles. The Kier molecular flexibility index (Phi) is 8.61. The van der Waals surface area contributed by atoms with Gasteiger partial charge in [-0.2, -0.15) is 0 Å². The van der Waals surface area contributed by atoms with E-state index in [1.54, 1.807) is 18.3 Å². The first-order valence-electron chi connectivity index (χ1n) is 12.1. The van der Waals surface area contributed by atoms with Crippen LogP contribution in [0.1, 0.15) is 46.4 Å². The van der Waals surface area contributed by atoms with Crippen molar-refractivity contribution in [1.29, 1.82) is 0 Å². The molecule has 1 saturated heterocycles. The van der Waals surface area contributed by atoms with E-state index in [1.807, 2.05) is 61.7 Å². The highest BCUT2D eigenvalue weighted by atomic mass is 16.7. The molecule has 188 valence electrons. The Hall–Kier alpha value is -3.36. The van der Waals surface area contributed by atoms with Gasteiger partial charge in [0.25, 0.3) is 5.91 Å². The maximum atomic E-state index is 12.5. The average Bonchev–Trinajstić information content (AvgIpc) is 2.91. The van der Waals surface area contributed by atoms with Crippen LogP contribution >= 0.6 is 0 Å². The fraction of sp³-hybridized carbons (Fsp3) is 0.310. The first-order chi connectivity index (χ1) is 17.5. The zero-order valence-corrected chi connectivity index (χ0v) is 20.7. The minimum absolute atomic E-state index is 0.00569.